The molecule has 0 aliphatic heterocycles. The van der Waals surface area contributed by atoms with E-state index in [0.29, 0.717) is 5.76 Å². The lowest BCUT2D eigenvalue weighted by molar-refractivity contribution is -0.176. The van der Waals surface area contributed by atoms with Crippen LogP contribution in [-0.2, 0) is 11.3 Å². The van der Waals surface area contributed by atoms with Gasteiger partial charge in [-0.15, -0.1) is 0 Å². The highest BCUT2D eigenvalue weighted by molar-refractivity contribution is 6.32. The third kappa shape index (κ3) is 5.66. The van der Waals surface area contributed by atoms with E-state index >= 15 is 0 Å². The number of benzene rings is 1. The van der Waals surface area contributed by atoms with Crippen LogP contribution in [0, 0.1) is 0 Å². The minimum absolute atomic E-state index is 0.0205. The number of aromatic nitrogens is 1. The van der Waals surface area contributed by atoms with Crippen LogP contribution in [0.25, 0.3) is 0 Å². The van der Waals surface area contributed by atoms with Crippen molar-refractivity contribution in [2.24, 2.45) is 0 Å². The Kier molecular flexibility index (Phi) is 6.32. The van der Waals surface area contributed by atoms with Gasteiger partial charge in [0.15, 0.2) is 12.4 Å². The number of ketones is 1. The van der Waals surface area contributed by atoms with E-state index in [9.17, 15) is 31.1 Å². The number of alkyl halides is 6. The lowest BCUT2D eigenvalue weighted by atomic mass is 9.99. The third-order valence-corrected chi connectivity index (χ3v) is 4.49. The van der Waals surface area contributed by atoms with Gasteiger partial charge in [0.05, 0.1) is 23.9 Å². The first-order valence-electron chi connectivity index (χ1n) is 8.61. The normalized spacial score (nSPS) is 14.8. The molecule has 0 amide bonds. The van der Waals surface area contributed by atoms with E-state index in [1.807, 2.05) is 0 Å². The summed E-state index contributed by atoms with van der Waals surface area (Å²) in [5.41, 5.74) is -0.585. The first-order chi connectivity index (χ1) is 14.0. The van der Waals surface area contributed by atoms with Crippen LogP contribution in [0.15, 0.2) is 22.9 Å². The zero-order valence-corrected chi connectivity index (χ0v) is 15.8. The minimum atomic E-state index is -4.76. The van der Waals surface area contributed by atoms with Crippen LogP contribution in [0.2, 0.25) is 5.02 Å². The number of rotatable bonds is 8. The summed E-state index contributed by atoms with van der Waals surface area (Å²) >= 11 is 5.96. The second-order valence-corrected chi connectivity index (χ2v) is 7.03. The molecule has 164 valence electrons. The number of hydrogen-bond donors (Lipinski definition) is 0. The summed E-state index contributed by atoms with van der Waals surface area (Å²) < 4.78 is 89.7. The fourth-order valence-corrected chi connectivity index (χ4v) is 2.91. The molecule has 30 heavy (non-hydrogen) atoms. The minimum Gasteiger partial charge on any atom is -0.483 e. The lowest BCUT2D eigenvalue weighted by Crippen LogP contribution is -2.22. The van der Waals surface area contributed by atoms with Crippen molar-refractivity contribution in [3.8, 4) is 5.75 Å². The van der Waals surface area contributed by atoms with Gasteiger partial charge in [-0.1, -0.05) is 16.8 Å². The fraction of sp³-hybridized carbons (Fsp3) is 0.444. The van der Waals surface area contributed by atoms with Crippen molar-refractivity contribution >= 4 is 17.4 Å². The van der Waals surface area contributed by atoms with Crippen molar-refractivity contribution in [3.63, 3.8) is 0 Å². The number of halogens is 7. The van der Waals surface area contributed by atoms with E-state index in [1.165, 1.54) is 6.07 Å². The molecule has 1 aromatic heterocycles. The molecule has 2 aromatic rings. The molecule has 0 N–H and O–H groups in total. The van der Waals surface area contributed by atoms with E-state index in [0.717, 1.165) is 25.1 Å². The summed E-state index contributed by atoms with van der Waals surface area (Å²) in [6, 6.07) is 2.30. The molecule has 1 aliphatic rings. The van der Waals surface area contributed by atoms with Crippen LogP contribution in [0.1, 0.15) is 46.0 Å². The number of carbonyl (C=O) groups is 1. The van der Waals surface area contributed by atoms with Crippen molar-refractivity contribution in [1.29, 1.82) is 0 Å². The van der Waals surface area contributed by atoms with Crippen LogP contribution in [0.3, 0.4) is 0 Å². The number of nitrogens with zero attached hydrogens (tertiary/aromatic N) is 1. The Morgan fingerprint density at radius 1 is 1.10 bits per heavy atom. The van der Waals surface area contributed by atoms with Crippen molar-refractivity contribution in [1.82, 2.24) is 5.16 Å². The number of carbonyl (C=O) groups excluding carboxylic acids is 1. The molecule has 1 aromatic carbocycles. The summed E-state index contributed by atoms with van der Waals surface area (Å²) in [7, 11) is 0. The molecule has 1 heterocycles. The molecule has 1 fully saturated rings. The summed E-state index contributed by atoms with van der Waals surface area (Å²) in [4.78, 5) is 13.0. The summed E-state index contributed by atoms with van der Waals surface area (Å²) in [6.45, 7) is -4.25. The Labute approximate surface area is 170 Å². The second-order valence-electron chi connectivity index (χ2n) is 6.62. The van der Waals surface area contributed by atoms with Crippen molar-refractivity contribution in [2.45, 2.75) is 37.7 Å². The van der Waals surface area contributed by atoms with Gasteiger partial charge in [-0.3, -0.25) is 4.79 Å². The van der Waals surface area contributed by atoms with Crippen molar-refractivity contribution < 1.29 is 45.1 Å². The SMILES string of the molecule is O=C(c1cnoc1C1CC1)c1ccc(Cl)c(COCC(F)(F)F)c1OCC(F)(F)F. The molecule has 0 bridgehead atoms. The molecule has 1 aliphatic carbocycles. The van der Waals surface area contributed by atoms with Gasteiger partial charge >= 0.3 is 12.4 Å². The van der Waals surface area contributed by atoms with E-state index in [1.54, 1.807) is 0 Å². The van der Waals surface area contributed by atoms with Gasteiger partial charge in [0.1, 0.15) is 12.4 Å². The average molecular weight is 458 g/mol. The van der Waals surface area contributed by atoms with Gasteiger partial charge in [0, 0.05) is 16.5 Å². The van der Waals surface area contributed by atoms with Gasteiger partial charge in [-0.25, -0.2) is 0 Å². The highest BCUT2D eigenvalue weighted by atomic mass is 35.5. The Bertz CT molecular complexity index is 920. The molecular weight excluding hydrogens is 444 g/mol. The number of ether oxygens (including phenoxy) is 2. The van der Waals surface area contributed by atoms with Crippen LogP contribution >= 0.6 is 11.6 Å². The maximum atomic E-state index is 13.0. The molecule has 5 nitrogen and oxygen atoms in total. The maximum Gasteiger partial charge on any atom is 0.422 e. The van der Waals surface area contributed by atoms with Gasteiger partial charge < -0.3 is 14.0 Å². The predicted octanol–water partition coefficient (Wildman–Crippen LogP) is 5.46. The van der Waals surface area contributed by atoms with Crippen LogP contribution < -0.4 is 4.74 Å². The predicted molar refractivity (Wildman–Crippen MR) is 90.6 cm³/mol. The maximum absolute atomic E-state index is 13.0. The third-order valence-electron chi connectivity index (χ3n) is 4.13. The summed E-state index contributed by atoms with van der Waals surface area (Å²) in [5.74, 6) is -1.07. The standard InChI is InChI=1S/C18H14ClF6NO4/c19-13-4-3-10(14(27)11-5-26-30-15(11)9-1-2-9)16(29-8-18(23,24)25)12(13)6-28-7-17(20,21)22/h3-5,9H,1-2,6-8H2. The largest absolute Gasteiger partial charge is 0.483 e. The zero-order chi connectivity index (χ0) is 22.1. The molecule has 12 heteroatoms. The van der Waals surface area contributed by atoms with E-state index in [-0.39, 0.29) is 27.6 Å². The smallest absolute Gasteiger partial charge is 0.422 e. The van der Waals surface area contributed by atoms with Crippen LogP contribution in [0.4, 0.5) is 26.3 Å². The Morgan fingerprint density at radius 3 is 2.37 bits per heavy atom. The Morgan fingerprint density at radius 2 is 1.77 bits per heavy atom. The van der Waals surface area contributed by atoms with Crippen molar-refractivity contribution in [3.05, 3.63) is 45.8 Å². The molecule has 3 rings (SSSR count). The van der Waals surface area contributed by atoms with Gasteiger partial charge in [0.25, 0.3) is 0 Å². The quantitative estimate of drug-likeness (QED) is 0.389. The van der Waals surface area contributed by atoms with Crippen LogP contribution in [-0.4, -0.2) is 36.5 Å². The van der Waals surface area contributed by atoms with Crippen LogP contribution in [0.5, 0.6) is 5.75 Å². The molecule has 1 saturated carbocycles. The summed E-state index contributed by atoms with van der Waals surface area (Å²) in [5, 5.41) is 3.36. The van der Waals surface area contributed by atoms with E-state index in [2.05, 4.69) is 9.89 Å². The molecule has 0 unspecified atom stereocenters. The van der Waals surface area contributed by atoms with Crippen molar-refractivity contribution in [2.75, 3.05) is 13.2 Å². The first-order valence-corrected chi connectivity index (χ1v) is 8.99. The van der Waals surface area contributed by atoms with Gasteiger partial charge in [0.2, 0.25) is 5.78 Å². The van der Waals surface area contributed by atoms with Gasteiger partial charge in [-0.2, -0.15) is 26.3 Å². The molecule has 0 radical (unpaired) electrons. The highest BCUT2D eigenvalue weighted by Crippen LogP contribution is 2.43. The molecule has 0 spiro atoms. The summed E-state index contributed by atoms with van der Waals surface area (Å²) in [6.07, 6.45) is -6.75. The molecule has 0 saturated heterocycles. The second kappa shape index (κ2) is 8.46. The number of hydrogen-bond acceptors (Lipinski definition) is 5. The monoisotopic (exact) mass is 457 g/mol. The fourth-order valence-electron chi connectivity index (χ4n) is 2.71. The lowest BCUT2D eigenvalue weighted by Gasteiger charge is -2.18. The van der Waals surface area contributed by atoms with Gasteiger partial charge in [-0.05, 0) is 25.0 Å². The topological polar surface area (TPSA) is 61.6 Å². The van der Waals surface area contributed by atoms with E-state index < -0.39 is 43.7 Å². The first kappa shape index (κ1) is 22.4. The molecule has 0 atom stereocenters. The van der Waals surface area contributed by atoms with E-state index in [4.69, 9.17) is 20.9 Å². The average Bonchev–Trinajstić information content (AvgIpc) is 3.36. The Hall–Kier alpha value is -2.27. The Balaban J connectivity index is 1.97. The molecular formula is C18H14ClF6NO4. The zero-order valence-electron chi connectivity index (χ0n) is 15.1. The highest BCUT2D eigenvalue weighted by Gasteiger charge is 2.35.